The van der Waals surface area contributed by atoms with Crippen LogP contribution >= 0.6 is 11.6 Å². The highest BCUT2D eigenvalue weighted by Gasteiger charge is 2.01. The number of hydrogen-bond donors (Lipinski definition) is 1. The normalized spacial score (nSPS) is 15.4. The summed E-state index contributed by atoms with van der Waals surface area (Å²) in [6.07, 6.45) is 13.3. The summed E-state index contributed by atoms with van der Waals surface area (Å²) in [4.78, 5) is 8.40. The first-order chi connectivity index (χ1) is 9.69. The highest BCUT2D eigenvalue weighted by Crippen LogP contribution is 2.10. The summed E-state index contributed by atoms with van der Waals surface area (Å²) in [6, 6.07) is 0. The molecule has 0 spiro atoms. The molecule has 0 rings (SSSR count). The molecule has 0 heterocycles. The third-order valence-corrected chi connectivity index (χ3v) is 2.79. The van der Waals surface area contributed by atoms with Crippen molar-refractivity contribution in [2.24, 2.45) is 15.9 Å². The lowest BCUT2D eigenvalue weighted by Gasteiger charge is -2.07. The zero-order valence-electron chi connectivity index (χ0n) is 12.5. The Morgan fingerprint density at radius 2 is 2.20 bits per heavy atom. The number of rotatable bonds is 9. The van der Waals surface area contributed by atoms with Gasteiger partial charge in [-0.25, -0.2) is 0 Å². The summed E-state index contributed by atoms with van der Waals surface area (Å²) < 4.78 is 0. The smallest absolute Gasteiger partial charge is 0.0647 e. The largest absolute Gasteiger partial charge is 0.388 e. The number of alkyl halides is 1. The molecule has 0 aliphatic heterocycles. The molecular formula is C16H24ClN3. The third kappa shape index (κ3) is 8.48. The SMILES string of the molecule is C=CNCC=C(/C=N\C)C(C)C=C/N=C(\C=C/C)CCl. The summed E-state index contributed by atoms with van der Waals surface area (Å²) in [5.74, 6) is 0.641. The first-order valence-electron chi connectivity index (χ1n) is 6.58. The zero-order chi connectivity index (χ0) is 15.2. The van der Waals surface area contributed by atoms with Crippen molar-refractivity contribution in [1.82, 2.24) is 5.32 Å². The Labute approximate surface area is 127 Å². The second-order valence-corrected chi connectivity index (χ2v) is 4.36. The van der Waals surface area contributed by atoms with E-state index in [9.17, 15) is 0 Å². The molecule has 0 saturated carbocycles. The van der Waals surface area contributed by atoms with Gasteiger partial charge in [-0.2, -0.15) is 0 Å². The van der Waals surface area contributed by atoms with Gasteiger partial charge in [-0.15, -0.1) is 11.6 Å². The van der Waals surface area contributed by atoms with E-state index >= 15 is 0 Å². The van der Waals surface area contributed by atoms with Gasteiger partial charge < -0.3 is 5.32 Å². The maximum Gasteiger partial charge on any atom is 0.0647 e. The monoisotopic (exact) mass is 293 g/mol. The van der Waals surface area contributed by atoms with Gasteiger partial charge in [0.05, 0.1) is 11.6 Å². The Bertz CT molecular complexity index is 417. The van der Waals surface area contributed by atoms with Gasteiger partial charge in [0.2, 0.25) is 0 Å². The fourth-order valence-corrected chi connectivity index (χ4v) is 1.62. The minimum atomic E-state index is 0.233. The molecule has 1 atom stereocenters. The highest BCUT2D eigenvalue weighted by molar-refractivity contribution is 6.30. The molecule has 0 aliphatic carbocycles. The fourth-order valence-electron chi connectivity index (χ4n) is 1.46. The number of aliphatic imine (C=N–C) groups is 2. The van der Waals surface area contributed by atoms with Gasteiger partial charge >= 0.3 is 0 Å². The van der Waals surface area contributed by atoms with Crippen LogP contribution < -0.4 is 5.32 Å². The van der Waals surface area contributed by atoms with E-state index in [1.807, 2.05) is 31.4 Å². The van der Waals surface area contributed by atoms with Crippen LogP contribution in [0.15, 0.2) is 58.8 Å². The molecular weight excluding hydrogens is 270 g/mol. The standard InChI is InChI=1S/C16H24ClN3/c1-5-7-16(12-17)20-11-8-14(3)15(13-18-4)9-10-19-6-2/h5-9,11,13-14,19H,2,10,12H2,1,3-4H3/b7-5-,11-8?,15-9?,18-13-,20-16+. The van der Waals surface area contributed by atoms with E-state index < -0.39 is 0 Å². The summed E-state index contributed by atoms with van der Waals surface area (Å²) in [7, 11) is 1.76. The Balaban J connectivity index is 4.78. The lowest BCUT2D eigenvalue weighted by molar-refractivity contribution is 0.884. The predicted molar refractivity (Wildman–Crippen MR) is 92.0 cm³/mol. The molecule has 0 aromatic rings. The first-order valence-corrected chi connectivity index (χ1v) is 7.11. The average Bonchev–Trinajstić information content (AvgIpc) is 2.45. The van der Waals surface area contributed by atoms with Gasteiger partial charge in [-0.1, -0.05) is 31.7 Å². The van der Waals surface area contributed by atoms with E-state index in [0.717, 1.165) is 17.8 Å². The fraction of sp³-hybridized carbons (Fsp3) is 0.375. The zero-order valence-corrected chi connectivity index (χ0v) is 13.3. The van der Waals surface area contributed by atoms with Crippen LogP contribution in [-0.4, -0.2) is 31.4 Å². The number of nitrogens with zero attached hydrogens (tertiary/aromatic N) is 2. The van der Waals surface area contributed by atoms with E-state index in [4.69, 9.17) is 11.6 Å². The maximum absolute atomic E-state index is 5.79. The van der Waals surface area contributed by atoms with Crippen LogP contribution in [-0.2, 0) is 0 Å². The molecule has 0 radical (unpaired) electrons. The van der Waals surface area contributed by atoms with E-state index in [1.54, 1.807) is 19.4 Å². The molecule has 0 saturated heterocycles. The van der Waals surface area contributed by atoms with Gasteiger partial charge in [0.15, 0.2) is 0 Å². The van der Waals surface area contributed by atoms with Gasteiger partial charge in [0.25, 0.3) is 0 Å². The average molecular weight is 294 g/mol. The summed E-state index contributed by atoms with van der Waals surface area (Å²) in [5.41, 5.74) is 1.98. The van der Waals surface area contributed by atoms with Crippen molar-refractivity contribution < 1.29 is 0 Å². The van der Waals surface area contributed by atoms with E-state index in [2.05, 4.69) is 34.9 Å². The quantitative estimate of drug-likeness (QED) is 0.392. The van der Waals surface area contributed by atoms with Crippen molar-refractivity contribution in [2.45, 2.75) is 13.8 Å². The highest BCUT2D eigenvalue weighted by atomic mass is 35.5. The first kappa shape index (κ1) is 18.4. The van der Waals surface area contributed by atoms with Crippen molar-refractivity contribution >= 4 is 23.5 Å². The Morgan fingerprint density at radius 1 is 1.45 bits per heavy atom. The van der Waals surface area contributed by atoms with Crippen LogP contribution in [0.2, 0.25) is 0 Å². The Kier molecular flexibility index (Phi) is 11.4. The van der Waals surface area contributed by atoms with Crippen LogP contribution in [0.1, 0.15) is 13.8 Å². The number of nitrogens with one attached hydrogen (secondary N) is 1. The van der Waals surface area contributed by atoms with E-state index in [0.29, 0.717) is 5.88 Å². The lowest BCUT2D eigenvalue weighted by atomic mass is 10.0. The second kappa shape index (κ2) is 12.4. The minimum absolute atomic E-state index is 0.233. The molecule has 1 N–H and O–H groups in total. The lowest BCUT2D eigenvalue weighted by Crippen LogP contribution is -2.07. The van der Waals surface area contributed by atoms with Crippen LogP contribution in [0, 0.1) is 5.92 Å². The van der Waals surface area contributed by atoms with Crippen molar-refractivity contribution in [3.05, 3.63) is 48.9 Å². The molecule has 0 amide bonds. The van der Waals surface area contributed by atoms with Crippen LogP contribution in [0.25, 0.3) is 0 Å². The minimum Gasteiger partial charge on any atom is -0.388 e. The summed E-state index contributed by atoms with van der Waals surface area (Å²) >= 11 is 5.79. The third-order valence-electron chi connectivity index (χ3n) is 2.51. The summed E-state index contributed by atoms with van der Waals surface area (Å²) in [5, 5.41) is 3.04. The number of halogens is 1. The van der Waals surface area contributed by atoms with Crippen molar-refractivity contribution in [2.75, 3.05) is 19.5 Å². The molecule has 0 bridgehead atoms. The molecule has 0 aromatic carbocycles. The van der Waals surface area contributed by atoms with Crippen molar-refractivity contribution in [3.63, 3.8) is 0 Å². The van der Waals surface area contributed by atoms with E-state index in [-0.39, 0.29) is 5.92 Å². The van der Waals surface area contributed by atoms with Crippen LogP contribution in [0.5, 0.6) is 0 Å². The van der Waals surface area contributed by atoms with Crippen LogP contribution in [0.4, 0.5) is 0 Å². The molecule has 110 valence electrons. The second-order valence-electron chi connectivity index (χ2n) is 4.09. The molecule has 0 aromatic heterocycles. The predicted octanol–water partition coefficient (Wildman–Crippen LogP) is 3.75. The van der Waals surface area contributed by atoms with Gasteiger partial charge in [0, 0.05) is 31.9 Å². The van der Waals surface area contributed by atoms with E-state index in [1.165, 1.54) is 0 Å². The molecule has 4 heteroatoms. The Morgan fingerprint density at radius 3 is 2.75 bits per heavy atom. The molecule has 0 aliphatic rings. The Hall–Kier alpha value is -1.61. The topological polar surface area (TPSA) is 36.8 Å². The number of allylic oxidation sites excluding steroid dienone is 4. The number of hydrogen-bond acceptors (Lipinski definition) is 3. The van der Waals surface area contributed by atoms with Crippen LogP contribution in [0.3, 0.4) is 0 Å². The van der Waals surface area contributed by atoms with Gasteiger partial charge in [0.1, 0.15) is 0 Å². The molecule has 1 unspecified atom stereocenters. The molecule has 0 fully saturated rings. The summed E-state index contributed by atoms with van der Waals surface area (Å²) in [6.45, 7) is 8.40. The van der Waals surface area contributed by atoms with Gasteiger partial charge in [-0.05, 0) is 24.8 Å². The maximum atomic E-state index is 5.79. The van der Waals surface area contributed by atoms with Gasteiger partial charge in [-0.3, -0.25) is 9.98 Å². The molecule has 3 nitrogen and oxygen atoms in total. The molecule has 20 heavy (non-hydrogen) atoms. The van der Waals surface area contributed by atoms with Crippen molar-refractivity contribution in [1.29, 1.82) is 0 Å². The van der Waals surface area contributed by atoms with Crippen molar-refractivity contribution in [3.8, 4) is 0 Å².